The van der Waals surface area contributed by atoms with Crippen LogP contribution in [-0.2, 0) is 11.3 Å². The number of para-hydroxylation sites is 1. The van der Waals surface area contributed by atoms with Gasteiger partial charge in [0.25, 0.3) is 5.91 Å². The lowest BCUT2D eigenvalue weighted by atomic mass is 10.2. The van der Waals surface area contributed by atoms with E-state index in [2.05, 4.69) is 10.4 Å². The Hall–Kier alpha value is -2.86. The molecule has 29 heavy (non-hydrogen) atoms. The number of nitrogens with zero attached hydrogens (tertiary/aromatic N) is 3. The van der Waals surface area contributed by atoms with Crippen LogP contribution in [0.15, 0.2) is 48.5 Å². The Balaban J connectivity index is 1.47. The molecule has 0 spiro atoms. The van der Waals surface area contributed by atoms with Crippen molar-refractivity contribution >= 4 is 34.3 Å². The minimum Gasteiger partial charge on any atom is -0.350 e. The molecule has 4 rings (SSSR count). The van der Waals surface area contributed by atoms with Crippen molar-refractivity contribution in [1.29, 1.82) is 0 Å². The normalized spacial score (nSPS) is 13.8. The highest BCUT2D eigenvalue weighted by Gasteiger charge is 2.20. The van der Waals surface area contributed by atoms with Crippen LogP contribution in [0.5, 0.6) is 0 Å². The first-order valence-corrected chi connectivity index (χ1v) is 10.3. The molecule has 0 radical (unpaired) electrons. The largest absolute Gasteiger partial charge is 0.350 e. The lowest BCUT2D eigenvalue weighted by molar-refractivity contribution is -0.129. The molecule has 7 heteroatoms. The monoisotopic (exact) mass is 410 g/mol. The highest BCUT2D eigenvalue weighted by Crippen LogP contribution is 2.20. The van der Waals surface area contributed by atoms with Gasteiger partial charge >= 0.3 is 0 Å². The quantitative estimate of drug-likeness (QED) is 0.676. The van der Waals surface area contributed by atoms with E-state index < -0.39 is 0 Å². The summed E-state index contributed by atoms with van der Waals surface area (Å²) >= 11 is 5.97. The van der Waals surface area contributed by atoms with Gasteiger partial charge in [0, 0.05) is 36.5 Å². The molecule has 1 aliphatic heterocycles. The zero-order chi connectivity index (χ0) is 20.2. The number of halogens is 1. The Morgan fingerprint density at radius 1 is 1.03 bits per heavy atom. The van der Waals surface area contributed by atoms with Crippen LogP contribution in [0.4, 0.5) is 0 Å². The molecule has 0 aliphatic carbocycles. The molecule has 1 fully saturated rings. The number of carbonyl (C=O) groups excluding carboxylic acids is 2. The van der Waals surface area contributed by atoms with Crippen molar-refractivity contribution in [2.45, 2.75) is 25.8 Å². The van der Waals surface area contributed by atoms with E-state index in [-0.39, 0.29) is 11.8 Å². The molecule has 0 saturated carbocycles. The van der Waals surface area contributed by atoms with E-state index in [1.54, 1.807) is 0 Å². The van der Waals surface area contributed by atoms with E-state index in [1.165, 1.54) is 0 Å². The second-order valence-electron chi connectivity index (χ2n) is 7.24. The number of likely N-dealkylation sites (tertiary alicyclic amines) is 1. The number of hydrogen-bond donors (Lipinski definition) is 1. The number of hydrogen-bond acceptors (Lipinski definition) is 3. The predicted molar refractivity (Wildman–Crippen MR) is 113 cm³/mol. The summed E-state index contributed by atoms with van der Waals surface area (Å²) in [6.07, 6.45) is 2.44. The molecule has 150 valence electrons. The third-order valence-corrected chi connectivity index (χ3v) is 5.45. The van der Waals surface area contributed by atoms with E-state index in [1.807, 2.05) is 58.1 Å². The number of aromatic nitrogens is 2. The first kappa shape index (κ1) is 19.5. The molecular formula is C22H23ClN4O2. The van der Waals surface area contributed by atoms with E-state index >= 15 is 0 Å². The lowest BCUT2D eigenvalue weighted by Crippen LogP contribution is -2.32. The summed E-state index contributed by atoms with van der Waals surface area (Å²) in [5.74, 6) is -0.161. The van der Waals surface area contributed by atoms with Crippen LogP contribution in [0.3, 0.4) is 0 Å². The maximum absolute atomic E-state index is 12.7. The molecule has 0 unspecified atom stereocenters. The van der Waals surface area contributed by atoms with Crippen LogP contribution in [0, 0.1) is 0 Å². The number of benzene rings is 2. The van der Waals surface area contributed by atoms with Crippen molar-refractivity contribution in [3.8, 4) is 0 Å². The zero-order valence-corrected chi connectivity index (χ0v) is 16.9. The van der Waals surface area contributed by atoms with Crippen molar-refractivity contribution in [2.24, 2.45) is 0 Å². The van der Waals surface area contributed by atoms with Gasteiger partial charge in [-0.1, -0.05) is 41.9 Å². The molecule has 3 aromatic rings. The number of rotatable bonds is 6. The van der Waals surface area contributed by atoms with Crippen LogP contribution in [-0.4, -0.2) is 46.1 Å². The van der Waals surface area contributed by atoms with Crippen molar-refractivity contribution in [1.82, 2.24) is 20.0 Å². The smallest absolute Gasteiger partial charge is 0.272 e. The average molecular weight is 411 g/mol. The Morgan fingerprint density at radius 2 is 1.76 bits per heavy atom. The van der Waals surface area contributed by atoms with Gasteiger partial charge in [-0.15, -0.1) is 0 Å². The van der Waals surface area contributed by atoms with Gasteiger partial charge in [-0.05, 0) is 36.6 Å². The number of amides is 2. The fourth-order valence-electron chi connectivity index (χ4n) is 3.67. The number of nitrogens with one attached hydrogen (secondary N) is 1. The molecular weight excluding hydrogens is 388 g/mol. The molecule has 2 amide bonds. The van der Waals surface area contributed by atoms with Gasteiger partial charge < -0.3 is 10.2 Å². The van der Waals surface area contributed by atoms with Gasteiger partial charge in [0.05, 0.1) is 12.1 Å². The topological polar surface area (TPSA) is 67.2 Å². The molecule has 1 aromatic heterocycles. The van der Waals surface area contributed by atoms with Gasteiger partial charge in [0.1, 0.15) is 0 Å². The SMILES string of the molecule is O=C(NCCC(=O)N1CCCC1)c1nn(Cc2ccc(Cl)cc2)c2ccccc12. The summed E-state index contributed by atoms with van der Waals surface area (Å²) in [6.45, 7) is 2.50. The molecule has 1 aliphatic rings. The summed E-state index contributed by atoms with van der Waals surface area (Å²) in [5, 5.41) is 8.89. The van der Waals surface area contributed by atoms with Gasteiger partial charge in [0.15, 0.2) is 5.69 Å². The Bertz CT molecular complexity index is 1020. The van der Waals surface area contributed by atoms with Crippen molar-refractivity contribution in [3.05, 3.63) is 64.8 Å². The highest BCUT2D eigenvalue weighted by molar-refractivity contribution is 6.30. The lowest BCUT2D eigenvalue weighted by Gasteiger charge is -2.14. The molecule has 1 N–H and O–H groups in total. The standard InChI is InChI=1S/C22H23ClN4O2/c23-17-9-7-16(8-10-17)15-27-19-6-2-1-5-18(19)21(25-27)22(29)24-12-11-20(28)26-13-3-4-14-26/h1-2,5-10H,3-4,11-15H2,(H,24,29). The van der Waals surface area contributed by atoms with E-state index in [0.717, 1.165) is 42.4 Å². The van der Waals surface area contributed by atoms with Crippen molar-refractivity contribution < 1.29 is 9.59 Å². The Labute approximate surface area is 174 Å². The molecule has 0 atom stereocenters. The van der Waals surface area contributed by atoms with E-state index in [0.29, 0.717) is 30.2 Å². The van der Waals surface area contributed by atoms with Crippen LogP contribution in [0.1, 0.15) is 35.3 Å². The fourth-order valence-corrected chi connectivity index (χ4v) is 3.80. The van der Waals surface area contributed by atoms with Crippen LogP contribution >= 0.6 is 11.6 Å². The highest BCUT2D eigenvalue weighted by atomic mass is 35.5. The Kier molecular flexibility index (Phi) is 5.81. The van der Waals surface area contributed by atoms with Gasteiger partial charge in [-0.25, -0.2) is 0 Å². The molecule has 2 heterocycles. The average Bonchev–Trinajstić information content (AvgIpc) is 3.38. The number of carbonyl (C=O) groups is 2. The van der Waals surface area contributed by atoms with E-state index in [9.17, 15) is 9.59 Å². The second kappa shape index (κ2) is 8.66. The second-order valence-corrected chi connectivity index (χ2v) is 7.68. The molecule has 2 aromatic carbocycles. The van der Waals surface area contributed by atoms with Gasteiger partial charge in [-0.2, -0.15) is 5.10 Å². The van der Waals surface area contributed by atoms with E-state index in [4.69, 9.17) is 11.6 Å². The first-order valence-electron chi connectivity index (χ1n) is 9.88. The van der Waals surface area contributed by atoms with Crippen LogP contribution < -0.4 is 5.32 Å². The summed E-state index contributed by atoms with van der Waals surface area (Å²) in [4.78, 5) is 26.8. The van der Waals surface area contributed by atoms with Crippen LogP contribution in [0.2, 0.25) is 5.02 Å². The minimum absolute atomic E-state index is 0.0981. The van der Waals surface area contributed by atoms with Gasteiger partial charge in [0.2, 0.25) is 5.91 Å². The summed E-state index contributed by atoms with van der Waals surface area (Å²) in [6, 6.07) is 15.2. The maximum Gasteiger partial charge on any atom is 0.272 e. The summed E-state index contributed by atoms with van der Waals surface area (Å²) in [7, 11) is 0. The van der Waals surface area contributed by atoms with Crippen molar-refractivity contribution in [2.75, 3.05) is 19.6 Å². The molecule has 1 saturated heterocycles. The van der Waals surface area contributed by atoms with Crippen LogP contribution in [0.25, 0.3) is 10.9 Å². The van der Waals surface area contributed by atoms with Crippen molar-refractivity contribution in [3.63, 3.8) is 0 Å². The first-order chi connectivity index (χ1) is 14.1. The minimum atomic E-state index is -0.259. The maximum atomic E-state index is 12.7. The molecule has 0 bridgehead atoms. The predicted octanol–water partition coefficient (Wildman–Crippen LogP) is 3.48. The third kappa shape index (κ3) is 4.43. The fraction of sp³-hybridized carbons (Fsp3) is 0.318. The Morgan fingerprint density at radius 3 is 2.52 bits per heavy atom. The summed E-state index contributed by atoms with van der Waals surface area (Å²) in [5.41, 5.74) is 2.31. The number of fused-ring (bicyclic) bond motifs is 1. The molecule has 6 nitrogen and oxygen atoms in total. The third-order valence-electron chi connectivity index (χ3n) is 5.20. The van der Waals surface area contributed by atoms with Gasteiger partial charge in [-0.3, -0.25) is 14.3 Å². The summed E-state index contributed by atoms with van der Waals surface area (Å²) < 4.78 is 1.82. The zero-order valence-electron chi connectivity index (χ0n) is 16.1.